The molecule has 1 aromatic carbocycles. The smallest absolute Gasteiger partial charge is 0.338 e. The number of carbonyl (C=O) groups excluding carboxylic acids is 1. The maximum atomic E-state index is 11.5. The van der Waals surface area contributed by atoms with Crippen LogP contribution >= 0.6 is 11.6 Å². The van der Waals surface area contributed by atoms with Gasteiger partial charge in [-0.2, -0.15) is 0 Å². The minimum atomic E-state index is -0.443. The summed E-state index contributed by atoms with van der Waals surface area (Å²) in [5, 5.41) is 1.21. The predicted molar refractivity (Wildman–Crippen MR) is 62.5 cm³/mol. The number of nitrogens with zero attached hydrogens (tertiary/aromatic N) is 1. The summed E-state index contributed by atoms with van der Waals surface area (Å²) < 4.78 is 4.67. The average molecular weight is 237 g/mol. The molecule has 0 bridgehead atoms. The number of rotatable bonds is 1. The first-order valence-electron chi connectivity index (χ1n) is 4.56. The Bertz CT molecular complexity index is 564. The van der Waals surface area contributed by atoms with Gasteiger partial charge in [0.2, 0.25) is 0 Å². The lowest BCUT2D eigenvalue weighted by Gasteiger charge is -2.05. The van der Waals surface area contributed by atoms with Gasteiger partial charge in [0.15, 0.2) is 0 Å². The number of esters is 1. The maximum Gasteiger partial charge on any atom is 0.338 e. The third-order valence-electron chi connectivity index (χ3n) is 2.20. The molecule has 0 aliphatic heterocycles. The number of nitrogens with two attached hydrogens (primary N) is 1. The van der Waals surface area contributed by atoms with Crippen molar-refractivity contribution in [3.05, 3.63) is 34.9 Å². The molecule has 16 heavy (non-hydrogen) atoms. The Hall–Kier alpha value is -1.81. The van der Waals surface area contributed by atoms with Crippen molar-refractivity contribution in [3.63, 3.8) is 0 Å². The Morgan fingerprint density at radius 2 is 2.19 bits per heavy atom. The van der Waals surface area contributed by atoms with E-state index < -0.39 is 5.97 Å². The number of methoxy groups -OCH3 is 1. The topological polar surface area (TPSA) is 65.2 Å². The minimum absolute atomic E-state index is 0.259. The summed E-state index contributed by atoms with van der Waals surface area (Å²) in [5.74, 6) is -0.184. The third-order valence-corrected chi connectivity index (χ3v) is 2.43. The number of nitrogen functional groups attached to an aromatic ring is 1. The summed E-state index contributed by atoms with van der Waals surface area (Å²) in [6.45, 7) is 0. The molecule has 0 spiro atoms. The molecule has 0 aliphatic carbocycles. The summed E-state index contributed by atoms with van der Waals surface area (Å²) >= 11 is 5.84. The van der Waals surface area contributed by atoms with Crippen LogP contribution in [-0.2, 0) is 4.74 Å². The standard InChI is InChI=1S/C11H9ClN2O2/c1-16-11(15)8-5-10(13)14-9-4-6(12)2-3-7(8)9/h2-5H,1H3,(H2,13,14). The molecule has 0 saturated carbocycles. The molecule has 0 unspecified atom stereocenters. The van der Waals surface area contributed by atoms with E-state index in [1.54, 1.807) is 18.2 Å². The number of hydrogen-bond donors (Lipinski definition) is 1. The highest BCUT2D eigenvalue weighted by Gasteiger charge is 2.12. The molecule has 2 rings (SSSR count). The molecule has 2 aromatic rings. The highest BCUT2D eigenvalue weighted by Crippen LogP contribution is 2.23. The molecule has 1 aromatic heterocycles. The fourth-order valence-corrected chi connectivity index (χ4v) is 1.67. The average Bonchev–Trinajstić information content (AvgIpc) is 2.26. The molecule has 0 amide bonds. The summed E-state index contributed by atoms with van der Waals surface area (Å²) in [6, 6.07) is 6.55. The fourth-order valence-electron chi connectivity index (χ4n) is 1.50. The molecule has 82 valence electrons. The molecule has 5 heteroatoms. The van der Waals surface area contributed by atoms with E-state index in [1.165, 1.54) is 13.2 Å². The molecule has 0 aliphatic rings. The first-order chi connectivity index (χ1) is 7.61. The number of aromatic nitrogens is 1. The predicted octanol–water partition coefficient (Wildman–Crippen LogP) is 2.26. The SMILES string of the molecule is COC(=O)c1cc(N)nc2cc(Cl)ccc12. The van der Waals surface area contributed by atoms with E-state index in [9.17, 15) is 4.79 Å². The third kappa shape index (κ3) is 1.79. The van der Waals surface area contributed by atoms with Gasteiger partial charge in [0.05, 0.1) is 18.2 Å². The Balaban J connectivity index is 2.77. The van der Waals surface area contributed by atoms with Gasteiger partial charge in [0.25, 0.3) is 0 Å². The number of pyridine rings is 1. The van der Waals surface area contributed by atoms with Gasteiger partial charge in [-0.25, -0.2) is 9.78 Å². The van der Waals surface area contributed by atoms with E-state index in [2.05, 4.69) is 9.72 Å². The Morgan fingerprint density at radius 1 is 1.44 bits per heavy atom. The zero-order valence-corrected chi connectivity index (χ0v) is 9.28. The second-order valence-electron chi connectivity index (χ2n) is 3.25. The van der Waals surface area contributed by atoms with Crippen LogP contribution in [0.15, 0.2) is 24.3 Å². The molecule has 0 saturated heterocycles. The highest BCUT2D eigenvalue weighted by molar-refractivity contribution is 6.31. The van der Waals surface area contributed by atoms with Crippen LogP contribution in [0, 0.1) is 0 Å². The second-order valence-corrected chi connectivity index (χ2v) is 3.68. The van der Waals surface area contributed by atoms with Crippen molar-refractivity contribution in [2.75, 3.05) is 12.8 Å². The molecule has 0 fully saturated rings. The van der Waals surface area contributed by atoms with Gasteiger partial charge in [-0.3, -0.25) is 0 Å². The van der Waals surface area contributed by atoms with Crippen LogP contribution in [0.2, 0.25) is 5.02 Å². The van der Waals surface area contributed by atoms with Crippen molar-refractivity contribution in [1.29, 1.82) is 0 Å². The first-order valence-corrected chi connectivity index (χ1v) is 4.93. The monoisotopic (exact) mass is 236 g/mol. The van der Waals surface area contributed by atoms with Crippen LogP contribution in [0.3, 0.4) is 0 Å². The van der Waals surface area contributed by atoms with Gasteiger partial charge in [-0.05, 0) is 18.2 Å². The fraction of sp³-hybridized carbons (Fsp3) is 0.0909. The number of ether oxygens (including phenoxy) is 1. The van der Waals surface area contributed by atoms with Crippen LogP contribution in [-0.4, -0.2) is 18.1 Å². The lowest BCUT2D eigenvalue weighted by molar-refractivity contribution is 0.0603. The normalized spacial score (nSPS) is 10.4. The van der Waals surface area contributed by atoms with Gasteiger partial charge in [0.1, 0.15) is 5.82 Å². The second kappa shape index (κ2) is 3.98. The molecule has 0 radical (unpaired) electrons. The highest BCUT2D eigenvalue weighted by atomic mass is 35.5. The number of benzene rings is 1. The lowest BCUT2D eigenvalue weighted by atomic mass is 10.1. The quantitative estimate of drug-likeness (QED) is 0.772. The van der Waals surface area contributed by atoms with Gasteiger partial charge >= 0.3 is 5.97 Å². The number of halogens is 1. The van der Waals surface area contributed by atoms with Crippen LogP contribution in [0.5, 0.6) is 0 Å². The van der Waals surface area contributed by atoms with Crippen LogP contribution in [0.25, 0.3) is 10.9 Å². The van der Waals surface area contributed by atoms with Gasteiger partial charge in [0, 0.05) is 10.4 Å². The van der Waals surface area contributed by atoms with Crippen molar-refractivity contribution >= 4 is 34.3 Å². The van der Waals surface area contributed by atoms with E-state index in [4.69, 9.17) is 17.3 Å². The molecular formula is C11H9ClN2O2. The zero-order chi connectivity index (χ0) is 11.7. The summed E-state index contributed by atoms with van der Waals surface area (Å²) in [7, 11) is 1.32. The molecule has 4 nitrogen and oxygen atoms in total. The molecule has 2 N–H and O–H groups in total. The van der Waals surface area contributed by atoms with Crippen molar-refractivity contribution in [2.45, 2.75) is 0 Å². The van der Waals surface area contributed by atoms with E-state index in [0.717, 1.165) is 0 Å². The lowest BCUT2D eigenvalue weighted by Crippen LogP contribution is -2.04. The number of carbonyl (C=O) groups is 1. The van der Waals surface area contributed by atoms with Crippen molar-refractivity contribution < 1.29 is 9.53 Å². The summed E-state index contributed by atoms with van der Waals surface area (Å²) in [5.41, 5.74) is 6.57. The summed E-state index contributed by atoms with van der Waals surface area (Å²) in [6.07, 6.45) is 0. The first kappa shape index (κ1) is 10.7. The van der Waals surface area contributed by atoms with E-state index in [0.29, 0.717) is 21.5 Å². The van der Waals surface area contributed by atoms with Crippen molar-refractivity contribution in [1.82, 2.24) is 4.98 Å². The molecule has 0 atom stereocenters. The van der Waals surface area contributed by atoms with Gasteiger partial charge in [-0.15, -0.1) is 0 Å². The van der Waals surface area contributed by atoms with Crippen LogP contribution < -0.4 is 5.73 Å². The number of anilines is 1. The van der Waals surface area contributed by atoms with Gasteiger partial charge < -0.3 is 10.5 Å². The molecule has 1 heterocycles. The van der Waals surface area contributed by atoms with Crippen molar-refractivity contribution in [2.24, 2.45) is 0 Å². The maximum absolute atomic E-state index is 11.5. The van der Waals surface area contributed by atoms with E-state index in [-0.39, 0.29) is 5.82 Å². The summed E-state index contributed by atoms with van der Waals surface area (Å²) in [4.78, 5) is 15.6. The Morgan fingerprint density at radius 3 is 2.88 bits per heavy atom. The van der Waals surface area contributed by atoms with E-state index in [1.807, 2.05) is 0 Å². The molecular weight excluding hydrogens is 228 g/mol. The zero-order valence-electron chi connectivity index (χ0n) is 8.53. The Kier molecular flexibility index (Phi) is 2.66. The number of hydrogen-bond acceptors (Lipinski definition) is 4. The number of fused-ring (bicyclic) bond motifs is 1. The van der Waals surface area contributed by atoms with Crippen LogP contribution in [0.1, 0.15) is 10.4 Å². The van der Waals surface area contributed by atoms with Crippen molar-refractivity contribution in [3.8, 4) is 0 Å². The largest absolute Gasteiger partial charge is 0.465 e. The van der Waals surface area contributed by atoms with Crippen LogP contribution in [0.4, 0.5) is 5.82 Å². The minimum Gasteiger partial charge on any atom is -0.465 e. The van der Waals surface area contributed by atoms with Gasteiger partial charge in [-0.1, -0.05) is 17.7 Å². The van der Waals surface area contributed by atoms with E-state index >= 15 is 0 Å². The Labute approximate surface area is 97.0 Å².